The highest BCUT2D eigenvalue weighted by Crippen LogP contribution is 2.24. The summed E-state index contributed by atoms with van der Waals surface area (Å²) in [6.45, 7) is 8.47. The molecule has 0 atom stereocenters. The number of carbonyl (C=O) groups is 1. The molecule has 0 aliphatic heterocycles. The third kappa shape index (κ3) is 6.46. The minimum absolute atomic E-state index is 0.0700. The van der Waals surface area contributed by atoms with Crippen LogP contribution in [-0.4, -0.2) is 26.4 Å². The second-order valence-electron chi connectivity index (χ2n) is 7.22. The average Bonchev–Trinajstić information content (AvgIpc) is 3.17. The van der Waals surface area contributed by atoms with Crippen molar-refractivity contribution in [1.29, 1.82) is 0 Å². The summed E-state index contributed by atoms with van der Waals surface area (Å²) in [5.74, 6) is 2.18. The lowest BCUT2D eigenvalue weighted by Crippen LogP contribution is -2.16. The van der Waals surface area contributed by atoms with E-state index in [-0.39, 0.29) is 17.5 Å². The molecule has 5 nitrogen and oxygen atoms in total. The highest BCUT2D eigenvalue weighted by Gasteiger charge is 2.15. The van der Waals surface area contributed by atoms with Crippen molar-refractivity contribution >= 4 is 35.1 Å². The summed E-state index contributed by atoms with van der Waals surface area (Å²) in [5, 5.41) is 12.3. The Kier molecular flexibility index (Phi) is 8.93. The molecule has 168 valence electrons. The zero-order valence-electron chi connectivity index (χ0n) is 18.3. The summed E-state index contributed by atoms with van der Waals surface area (Å²) < 4.78 is 15.0. The number of hydrogen-bond acceptors (Lipinski definition) is 5. The number of rotatable bonds is 11. The van der Waals surface area contributed by atoms with E-state index in [1.165, 1.54) is 23.9 Å². The van der Waals surface area contributed by atoms with E-state index < -0.39 is 0 Å². The molecule has 0 fully saturated rings. The number of benzene rings is 2. The molecule has 0 saturated heterocycles. The average molecular weight is 471 g/mol. The van der Waals surface area contributed by atoms with Crippen molar-refractivity contribution in [3.63, 3.8) is 0 Å². The summed E-state index contributed by atoms with van der Waals surface area (Å²) in [4.78, 5) is 12.6. The van der Waals surface area contributed by atoms with Crippen molar-refractivity contribution in [3.05, 3.63) is 83.5 Å². The molecule has 0 unspecified atom stereocenters. The van der Waals surface area contributed by atoms with Crippen LogP contribution >= 0.6 is 23.5 Å². The minimum Gasteiger partial charge on any atom is -0.325 e. The molecule has 1 amide bonds. The second-order valence-corrected chi connectivity index (χ2v) is 9.14. The summed E-state index contributed by atoms with van der Waals surface area (Å²) in [5.41, 5.74) is 4.13. The SMILES string of the molecule is C=CCn1c(CSCc2ccc(F)cc2)nnc1SCC(=O)Nc1c(C)cccc1CC. The number of carbonyl (C=O) groups excluding carboxylic acids is 1. The Hall–Kier alpha value is -2.58. The number of nitrogens with one attached hydrogen (secondary N) is 1. The topological polar surface area (TPSA) is 59.8 Å². The molecular formula is C24H27FN4OS2. The van der Waals surface area contributed by atoms with Gasteiger partial charge in [-0.1, -0.05) is 55.1 Å². The van der Waals surface area contributed by atoms with Gasteiger partial charge in [0.05, 0.1) is 11.5 Å². The van der Waals surface area contributed by atoms with Crippen LogP contribution in [-0.2, 0) is 29.3 Å². The maximum absolute atomic E-state index is 13.1. The third-order valence-electron chi connectivity index (χ3n) is 4.86. The largest absolute Gasteiger partial charge is 0.325 e. The van der Waals surface area contributed by atoms with E-state index in [0.29, 0.717) is 17.5 Å². The number of halogens is 1. The van der Waals surface area contributed by atoms with E-state index in [2.05, 4.69) is 29.0 Å². The highest BCUT2D eigenvalue weighted by molar-refractivity contribution is 7.99. The summed E-state index contributed by atoms with van der Waals surface area (Å²) >= 11 is 3.05. The van der Waals surface area contributed by atoms with Gasteiger partial charge in [0.1, 0.15) is 11.6 Å². The molecular weight excluding hydrogens is 443 g/mol. The van der Waals surface area contributed by atoms with Gasteiger partial charge < -0.3 is 9.88 Å². The number of thioether (sulfide) groups is 2. The van der Waals surface area contributed by atoms with Crippen LogP contribution in [0.1, 0.15) is 29.4 Å². The van der Waals surface area contributed by atoms with Crippen molar-refractivity contribution in [1.82, 2.24) is 14.8 Å². The molecule has 2 aromatic carbocycles. The molecule has 1 aromatic heterocycles. The predicted molar refractivity (Wildman–Crippen MR) is 132 cm³/mol. The first-order valence-corrected chi connectivity index (χ1v) is 12.5. The fourth-order valence-electron chi connectivity index (χ4n) is 3.19. The monoisotopic (exact) mass is 470 g/mol. The van der Waals surface area contributed by atoms with Crippen LogP contribution in [0, 0.1) is 12.7 Å². The number of para-hydroxylation sites is 1. The summed E-state index contributed by atoms with van der Waals surface area (Å²) in [7, 11) is 0. The van der Waals surface area contributed by atoms with Crippen molar-refractivity contribution in [2.75, 3.05) is 11.1 Å². The van der Waals surface area contributed by atoms with Gasteiger partial charge in [-0.3, -0.25) is 4.79 Å². The fraction of sp³-hybridized carbons (Fsp3) is 0.292. The van der Waals surface area contributed by atoms with Crippen molar-refractivity contribution in [2.24, 2.45) is 0 Å². The van der Waals surface area contributed by atoms with Gasteiger partial charge in [-0.15, -0.1) is 28.5 Å². The first kappa shape index (κ1) is 24.1. The van der Waals surface area contributed by atoms with Crippen LogP contribution in [0.25, 0.3) is 0 Å². The number of allylic oxidation sites excluding steroid dienone is 1. The van der Waals surface area contributed by atoms with Crippen LogP contribution in [0.3, 0.4) is 0 Å². The number of aryl methyl sites for hydroxylation is 2. The van der Waals surface area contributed by atoms with Crippen molar-refractivity contribution < 1.29 is 9.18 Å². The van der Waals surface area contributed by atoms with Gasteiger partial charge in [0.2, 0.25) is 5.91 Å². The summed E-state index contributed by atoms with van der Waals surface area (Å²) in [6, 6.07) is 12.5. The molecule has 0 aliphatic rings. The molecule has 0 spiro atoms. The Balaban J connectivity index is 1.59. The minimum atomic E-state index is -0.233. The third-order valence-corrected chi connectivity index (χ3v) is 6.82. The maximum Gasteiger partial charge on any atom is 0.234 e. The van der Waals surface area contributed by atoms with E-state index in [9.17, 15) is 9.18 Å². The maximum atomic E-state index is 13.1. The van der Waals surface area contributed by atoms with Gasteiger partial charge in [0.15, 0.2) is 5.16 Å². The van der Waals surface area contributed by atoms with Crippen LogP contribution in [0.15, 0.2) is 60.3 Å². The molecule has 3 aromatic rings. The number of nitrogens with zero attached hydrogens (tertiary/aromatic N) is 3. The van der Waals surface area contributed by atoms with Gasteiger partial charge in [-0.05, 0) is 42.2 Å². The molecule has 0 aliphatic carbocycles. The Morgan fingerprint density at radius 2 is 1.97 bits per heavy atom. The number of amides is 1. The zero-order valence-corrected chi connectivity index (χ0v) is 19.9. The molecule has 8 heteroatoms. The van der Waals surface area contributed by atoms with E-state index in [1.807, 2.05) is 29.7 Å². The highest BCUT2D eigenvalue weighted by atomic mass is 32.2. The Morgan fingerprint density at radius 3 is 2.69 bits per heavy atom. The molecule has 0 radical (unpaired) electrons. The Labute approximate surface area is 196 Å². The van der Waals surface area contributed by atoms with E-state index in [1.54, 1.807) is 30.0 Å². The van der Waals surface area contributed by atoms with E-state index in [0.717, 1.165) is 40.4 Å². The summed E-state index contributed by atoms with van der Waals surface area (Å²) in [6.07, 6.45) is 2.65. The lowest BCUT2D eigenvalue weighted by atomic mass is 10.1. The van der Waals surface area contributed by atoms with Gasteiger partial charge in [-0.2, -0.15) is 0 Å². The zero-order chi connectivity index (χ0) is 22.9. The lowest BCUT2D eigenvalue weighted by molar-refractivity contribution is -0.113. The van der Waals surface area contributed by atoms with Crippen molar-refractivity contribution in [3.8, 4) is 0 Å². The Morgan fingerprint density at radius 1 is 1.19 bits per heavy atom. The molecule has 1 heterocycles. The predicted octanol–water partition coefficient (Wildman–Crippen LogP) is 5.64. The Bertz CT molecular complexity index is 1070. The van der Waals surface area contributed by atoms with Gasteiger partial charge >= 0.3 is 0 Å². The first-order chi connectivity index (χ1) is 15.5. The molecule has 3 rings (SSSR count). The normalized spacial score (nSPS) is 10.8. The van der Waals surface area contributed by atoms with Gasteiger partial charge in [0.25, 0.3) is 0 Å². The van der Waals surface area contributed by atoms with Gasteiger partial charge in [-0.25, -0.2) is 4.39 Å². The first-order valence-electron chi connectivity index (χ1n) is 10.4. The van der Waals surface area contributed by atoms with Crippen molar-refractivity contribution in [2.45, 2.75) is 43.5 Å². The molecule has 0 bridgehead atoms. The van der Waals surface area contributed by atoms with Crippen LogP contribution in [0.2, 0.25) is 0 Å². The van der Waals surface area contributed by atoms with Crippen LogP contribution < -0.4 is 5.32 Å². The van der Waals surface area contributed by atoms with Crippen LogP contribution in [0.5, 0.6) is 0 Å². The standard InChI is InChI=1S/C24H27FN4OS2/c1-4-13-29-21(15-31-14-18-9-11-20(25)12-10-18)27-28-24(29)32-16-22(30)26-23-17(3)7-6-8-19(23)5-2/h4,6-12H,1,5,13-16H2,2-3H3,(H,26,30). The van der Waals surface area contributed by atoms with Gasteiger partial charge in [0, 0.05) is 18.0 Å². The number of anilines is 1. The lowest BCUT2D eigenvalue weighted by Gasteiger charge is -2.13. The van der Waals surface area contributed by atoms with E-state index in [4.69, 9.17) is 0 Å². The quantitative estimate of drug-likeness (QED) is 0.290. The second kappa shape index (κ2) is 11.9. The molecule has 1 N–H and O–H groups in total. The molecule has 32 heavy (non-hydrogen) atoms. The van der Waals surface area contributed by atoms with E-state index >= 15 is 0 Å². The number of aromatic nitrogens is 3. The fourth-order valence-corrected chi connectivity index (χ4v) is 4.89. The smallest absolute Gasteiger partial charge is 0.234 e. The van der Waals surface area contributed by atoms with Crippen LogP contribution in [0.4, 0.5) is 10.1 Å². The number of hydrogen-bond donors (Lipinski definition) is 1. The molecule has 0 saturated carbocycles.